The zero-order valence-electron chi connectivity index (χ0n) is 15.9. The Labute approximate surface area is 170 Å². The quantitative estimate of drug-likeness (QED) is 0.543. The molecular weight excluding hydrogens is 390 g/mol. The third kappa shape index (κ3) is 3.22. The molecule has 0 radical (unpaired) electrons. The van der Waals surface area contributed by atoms with Gasteiger partial charge >= 0.3 is 0 Å². The molecule has 2 N–H and O–H groups in total. The van der Waals surface area contributed by atoms with Crippen LogP contribution in [0.25, 0.3) is 27.9 Å². The van der Waals surface area contributed by atoms with Crippen LogP contribution >= 0.6 is 0 Å². The highest BCUT2D eigenvalue weighted by Gasteiger charge is 2.24. The number of para-hydroxylation sites is 1. The van der Waals surface area contributed by atoms with E-state index in [2.05, 4.69) is 25.7 Å². The van der Waals surface area contributed by atoms with E-state index < -0.39 is 17.7 Å². The van der Waals surface area contributed by atoms with Crippen molar-refractivity contribution < 1.29 is 13.6 Å². The summed E-state index contributed by atoms with van der Waals surface area (Å²) in [6.07, 6.45) is 2.38. The number of nitrogens with zero attached hydrogens (tertiary/aromatic N) is 4. The Balaban J connectivity index is 1.69. The number of nitrogens with one attached hydrogen (secondary N) is 2. The average molecular weight is 408 g/mol. The van der Waals surface area contributed by atoms with Gasteiger partial charge in [-0.1, -0.05) is 18.2 Å². The number of fused-ring (bicyclic) bond motifs is 3. The Hall–Kier alpha value is -3.62. The predicted octanol–water partition coefficient (Wildman–Crippen LogP) is 3.30. The molecule has 4 aromatic rings. The van der Waals surface area contributed by atoms with Crippen molar-refractivity contribution in [2.24, 2.45) is 0 Å². The van der Waals surface area contributed by atoms with Gasteiger partial charge in [-0.2, -0.15) is 4.52 Å². The van der Waals surface area contributed by atoms with Crippen LogP contribution in [0.2, 0.25) is 0 Å². The van der Waals surface area contributed by atoms with Crippen LogP contribution in [0.5, 0.6) is 0 Å². The van der Waals surface area contributed by atoms with E-state index >= 15 is 0 Å². The number of benzene rings is 2. The minimum absolute atomic E-state index is 0.125. The standard InChI is InChI=1S/C21H18F2N6O/c22-13-6-3-5-12(11-13)18-27-19-14-7-4-8-15(23)17(14)26-21(29(19)28-18)25-16-9-1-2-10-24-20(16)30/h3-8,11,16H,1-2,9-10H2,(H,24,30)(H,25,26)/t16-/m1/s1. The highest BCUT2D eigenvalue weighted by atomic mass is 19.1. The molecule has 1 fully saturated rings. The minimum atomic E-state index is -0.519. The highest BCUT2D eigenvalue weighted by molar-refractivity contribution is 5.93. The van der Waals surface area contributed by atoms with E-state index in [1.165, 1.54) is 22.7 Å². The van der Waals surface area contributed by atoms with E-state index in [9.17, 15) is 13.6 Å². The fraction of sp³-hybridized carbons (Fsp3) is 0.238. The summed E-state index contributed by atoms with van der Waals surface area (Å²) in [7, 11) is 0. The third-order valence-corrected chi connectivity index (χ3v) is 5.17. The number of hydrogen-bond donors (Lipinski definition) is 2. The second kappa shape index (κ2) is 7.33. The third-order valence-electron chi connectivity index (χ3n) is 5.17. The van der Waals surface area contributed by atoms with Gasteiger partial charge in [0.05, 0.1) is 0 Å². The summed E-state index contributed by atoms with van der Waals surface area (Å²) in [6.45, 7) is 0.624. The first-order valence-corrected chi connectivity index (χ1v) is 9.75. The molecule has 5 rings (SSSR count). The number of carbonyl (C=O) groups excluding carboxylic acids is 1. The monoisotopic (exact) mass is 408 g/mol. The van der Waals surface area contributed by atoms with Crippen LogP contribution in [-0.2, 0) is 4.79 Å². The first-order valence-electron chi connectivity index (χ1n) is 9.75. The summed E-state index contributed by atoms with van der Waals surface area (Å²) >= 11 is 0. The SMILES string of the molecule is O=C1NCCCC[C@H]1Nc1nc2c(F)cccc2c2nc(-c3cccc(F)c3)nn12. The molecule has 0 bridgehead atoms. The van der Waals surface area contributed by atoms with Crippen molar-refractivity contribution in [3.63, 3.8) is 0 Å². The molecule has 9 heteroatoms. The summed E-state index contributed by atoms with van der Waals surface area (Å²) in [6, 6.07) is 10.0. The maximum atomic E-state index is 14.5. The van der Waals surface area contributed by atoms with Crippen LogP contribution in [0.3, 0.4) is 0 Å². The van der Waals surface area contributed by atoms with Crippen molar-refractivity contribution in [1.82, 2.24) is 24.9 Å². The molecular formula is C21H18F2N6O. The number of anilines is 1. The van der Waals surface area contributed by atoms with Gasteiger partial charge in [-0.15, -0.1) is 5.10 Å². The van der Waals surface area contributed by atoms with Gasteiger partial charge < -0.3 is 10.6 Å². The lowest BCUT2D eigenvalue weighted by Gasteiger charge is -2.16. The van der Waals surface area contributed by atoms with Gasteiger partial charge in [-0.05, 0) is 43.5 Å². The van der Waals surface area contributed by atoms with E-state index in [4.69, 9.17) is 0 Å². The maximum absolute atomic E-state index is 14.5. The Bertz CT molecular complexity index is 1270. The minimum Gasteiger partial charge on any atom is -0.354 e. The highest BCUT2D eigenvalue weighted by Crippen LogP contribution is 2.26. The van der Waals surface area contributed by atoms with Gasteiger partial charge in [-0.3, -0.25) is 4.79 Å². The van der Waals surface area contributed by atoms with Crippen molar-refractivity contribution >= 4 is 28.4 Å². The van der Waals surface area contributed by atoms with E-state index in [1.54, 1.807) is 24.3 Å². The molecule has 30 heavy (non-hydrogen) atoms. The molecule has 2 aromatic heterocycles. The number of rotatable bonds is 3. The normalized spacial score (nSPS) is 17.1. The van der Waals surface area contributed by atoms with Crippen LogP contribution in [-0.4, -0.2) is 38.1 Å². The molecule has 1 aliphatic heterocycles. The molecule has 2 aromatic carbocycles. The van der Waals surface area contributed by atoms with Crippen molar-refractivity contribution in [2.45, 2.75) is 25.3 Å². The van der Waals surface area contributed by atoms with Gasteiger partial charge in [0, 0.05) is 17.5 Å². The molecule has 0 unspecified atom stereocenters. The molecule has 3 heterocycles. The molecule has 0 aliphatic carbocycles. The van der Waals surface area contributed by atoms with Gasteiger partial charge in [-0.25, -0.2) is 18.7 Å². The molecule has 0 spiro atoms. The second-order valence-electron chi connectivity index (χ2n) is 7.24. The van der Waals surface area contributed by atoms with Crippen LogP contribution in [0.15, 0.2) is 42.5 Å². The lowest BCUT2D eigenvalue weighted by atomic mass is 10.1. The van der Waals surface area contributed by atoms with Gasteiger partial charge in [0.15, 0.2) is 11.5 Å². The number of aromatic nitrogens is 4. The van der Waals surface area contributed by atoms with Gasteiger partial charge in [0.2, 0.25) is 11.9 Å². The largest absolute Gasteiger partial charge is 0.354 e. The first-order chi connectivity index (χ1) is 14.6. The Morgan fingerprint density at radius 3 is 2.83 bits per heavy atom. The summed E-state index contributed by atoms with van der Waals surface area (Å²) in [4.78, 5) is 21.3. The summed E-state index contributed by atoms with van der Waals surface area (Å²) in [5.74, 6) is -0.560. The number of carbonyl (C=O) groups is 1. The summed E-state index contributed by atoms with van der Waals surface area (Å²) in [5, 5.41) is 10.9. The fourth-order valence-electron chi connectivity index (χ4n) is 3.67. The van der Waals surface area contributed by atoms with Crippen molar-refractivity contribution in [3.05, 3.63) is 54.1 Å². The molecule has 1 atom stereocenters. The lowest BCUT2D eigenvalue weighted by Crippen LogP contribution is -2.38. The van der Waals surface area contributed by atoms with E-state index in [-0.39, 0.29) is 23.2 Å². The molecule has 152 valence electrons. The predicted molar refractivity (Wildman–Crippen MR) is 108 cm³/mol. The summed E-state index contributed by atoms with van der Waals surface area (Å²) < 4.78 is 29.7. The smallest absolute Gasteiger partial charge is 0.242 e. The fourth-order valence-corrected chi connectivity index (χ4v) is 3.67. The van der Waals surface area contributed by atoms with Crippen molar-refractivity contribution in [2.75, 3.05) is 11.9 Å². The summed E-state index contributed by atoms with van der Waals surface area (Å²) in [5.41, 5.74) is 0.983. The Morgan fingerprint density at radius 1 is 1.10 bits per heavy atom. The zero-order chi connectivity index (χ0) is 20.7. The van der Waals surface area contributed by atoms with Crippen LogP contribution in [0, 0.1) is 11.6 Å². The van der Waals surface area contributed by atoms with E-state index in [0.29, 0.717) is 29.6 Å². The van der Waals surface area contributed by atoms with Crippen LogP contribution in [0.1, 0.15) is 19.3 Å². The Morgan fingerprint density at radius 2 is 1.97 bits per heavy atom. The zero-order valence-corrected chi connectivity index (χ0v) is 15.9. The molecule has 1 saturated heterocycles. The van der Waals surface area contributed by atoms with Crippen molar-refractivity contribution in [3.8, 4) is 11.4 Å². The van der Waals surface area contributed by atoms with Crippen LogP contribution < -0.4 is 10.6 Å². The first kappa shape index (κ1) is 18.4. The topological polar surface area (TPSA) is 84.2 Å². The van der Waals surface area contributed by atoms with Gasteiger partial charge in [0.25, 0.3) is 0 Å². The molecule has 1 amide bonds. The number of hydrogen-bond acceptors (Lipinski definition) is 5. The van der Waals surface area contributed by atoms with E-state index in [1.807, 2.05) is 0 Å². The molecule has 0 saturated carbocycles. The number of amides is 1. The lowest BCUT2D eigenvalue weighted by molar-refractivity contribution is -0.121. The van der Waals surface area contributed by atoms with Crippen molar-refractivity contribution in [1.29, 1.82) is 0 Å². The maximum Gasteiger partial charge on any atom is 0.242 e. The molecule has 7 nitrogen and oxygen atoms in total. The van der Waals surface area contributed by atoms with Gasteiger partial charge in [0.1, 0.15) is 23.2 Å². The second-order valence-corrected chi connectivity index (χ2v) is 7.24. The average Bonchev–Trinajstić information content (AvgIpc) is 3.09. The molecule has 1 aliphatic rings. The van der Waals surface area contributed by atoms with Crippen LogP contribution in [0.4, 0.5) is 14.7 Å². The number of halogens is 2. The Kier molecular flexibility index (Phi) is 4.50. The van der Waals surface area contributed by atoms with E-state index in [0.717, 1.165) is 12.8 Å².